The molecule has 0 spiro atoms. The predicted octanol–water partition coefficient (Wildman–Crippen LogP) is 3.16. The van der Waals surface area contributed by atoms with Crippen molar-refractivity contribution in [1.82, 2.24) is 0 Å². The monoisotopic (exact) mass is 388 g/mol. The molecule has 0 aromatic heterocycles. The zero-order valence-corrected chi connectivity index (χ0v) is 16.0. The van der Waals surface area contributed by atoms with Gasteiger partial charge < -0.3 is 33.9 Å². The largest absolute Gasteiger partial charge is 0.504 e. The Kier molecular flexibility index (Phi) is 5.05. The molecular weight excluding hydrogens is 364 g/mol. The molecule has 0 amide bonds. The number of phenolic OH excluding ortho intramolecular Hbond substituents is 2. The summed E-state index contributed by atoms with van der Waals surface area (Å²) in [5.41, 5.74) is 1.80. The SMILES string of the molecule is COc1cc([C@H]2O[C@@H](OC)[C@H]3[C@@H]2CO[C@@H]3c2ccc(O)c(OC)c2)ccc1O. The summed E-state index contributed by atoms with van der Waals surface area (Å²) in [7, 11) is 4.65. The molecule has 28 heavy (non-hydrogen) atoms. The van der Waals surface area contributed by atoms with E-state index in [1.54, 1.807) is 31.4 Å². The van der Waals surface area contributed by atoms with E-state index in [2.05, 4.69) is 0 Å². The Bertz CT molecular complexity index is 801. The molecule has 0 bridgehead atoms. The van der Waals surface area contributed by atoms with Crippen molar-refractivity contribution in [1.29, 1.82) is 0 Å². The Balaban J connectivity index is 1.65. The lowest BCUT2D eigenvalue weighted by Crippen LogP contribution is -2.24. The molecule has 2 saturated heterocycles. The Morgan fingerprint density at radius 1 is 0.857 bits per heavy atom. The minimum absolute atomic E-state index is 0.0240. The number of benzene rings is 2. The van der Waals surface area contributed by atoms with E-state index >= 15 is 0 Å². The maximum absolute atomic E-state index is 9.88. The molecule has 2 N–H and O–H groups in total. The van der Waals surface area contributed by atoms with Crippen molar-refractivity contribution in [2.75, 3.05) is 27.9 Å². The molecule has 2 aliphatic rings. The Hall–Kier alpha value is -2.48. The summed E-state index contributed by atoms with van der Waals surface area (Å²) in [4.78, 5) is 0. The van der Waals surface area contributed by atoms with Gasteiger partial charge in [0.05, 0.1) is 33.0 Å². The fourth-order valence-electron chi connectivity index (χ4n) is 4.23. The Labute approximate surface area is 163 Å². The van der Waals surface area contributed by atoms with Crippen molar-refractivity contribution in [3.63, 3.8) is 0 Å². The quantitative estimate of drug-likeness (QED) is 0.814. The van der Waals surface area contributed by atoms with Gasteiger partial charge in [-0.1, -0.05) is 12.1 Å². The Morgan fingerprint density at radius 3 is 1.96 bits per heavy atom. The number of rotatable bonds is 5. The van der Waals surface area contributed by atoms with E-state index in [0.29, 0.717) is 18.1 Å². The first-order valence-corrected chi connectivity index (χ1v) is 9.11. The van der Waals surface area contributed by atoms with Crippen molar-refractivity contribution in [2.45, 2.75) is 18.5 Å². The van der Waals surface area contributed by atoms with Gasteiger partial charge in [0.2, 0.25) is 0 Å². The third-order valence-electron chi connectivity index (χ3n) is 5.59. The van der Waals surface area contributed by atoms with Gasteiger partial charge in [0.1, 0.15) is 0 Å². The molecule has 0 saturated carbocycles. The van der Waals surface area contributed by atoms with E-state index in [1.807, 2.05) is 12.1 Å². The van der Waals surface area contributed by atoms with Crippen LogP contribution in [0.25, 0.3) is 0 Å². The summed E-state index contributed by atoms with van der Waals surface area (Å²) in [6.07, 6.45) is -0.927. The summed E-state index contributed by atoms with van der Waals surface area (Å²) in [5, 5.41) is 19.8. The first-order chi connectivity index (χ1) is 13.6. The second-order valence-corrected chi connectivity index (χ2v) is 7.02. The van der Waals surface area contributed by atoms with Gasteiger partial charge in [0.15, 0.2) is 29.3 Å². The van der Waals surface area contributed by atoms with Gasteiger partial charge in [-0.15, -0.1) is 0 Å². The molecule has 150 valence electrons. The minimum Gasteiger partial charge on any atom is -0.504 e. The molecule has 0 aliphatic carbocycles. The number of phenols is 2. The van der Waals surface area contributed by atoms with E-state index < -0.39 is 6.29 Å². The smallest absolute Gasteiger partial charge is 0.164 e. The average Bonchev–Trinajstić information content (AvgIpc) is 3.29. The maximum atomic E-state index is 9.88. The summed E-state index contributed by atoms with van der Waals surface area (Å²) < 4.78 is 28.4. The summed E-state index contributed by atoms with van der Waals surface area (Å²) in [5.74, 6) is 1.02. The fraction of sp³-hybridized carbons (Fsp3) is 0.429. The van der Waals surface area contributed by atoms with Crippen LogP contribution in [0.15, 0.2) is 36.4 Å². The third-order valence-corrected chi connectivity index (χ3v) is 5.59. The highest BCUT2D eigenvalue weighted by Gasteiger charge is 2.54. The van der Waals surface area contributed by atoms with E-state index in [9.17, 15) is 10.2 Å². The number of methoxy groups -OCH3 is 3. The first kappa shape index (κ1) is 18.9. The molecule has 2 fully saturated rings. The maximum Gasteiger partial charge on any atom is 0.164 e. The van der Waals surface area contributed by atoms with E-state index in [-0.39, 0.29) is 35.5 Å². The Morgan fingerprint density at radius 2 is 1.43 bits per heavy atom. The number of hydrogen-bond acceptors (Lipinski definition) is 7. The topological polar surface area (TPSA) is 86.6 Å². The molecule has 7 heteroatoms. The number of hydrogen-bond donors (Lipinski definition) is 2. The van der Waals surface area contributed by atoms with Crippen LogP contribution in [0.5, 0.6) is 23.0 Å². The van der Waals surface area contributed by atoms with Crippen LogP contribution in [-0.2, 0) is 14.2 Å². The van der Waals surface area contributed by atoms with Gasteiger partial charge in [-0.2, -0.15) is 0 Å². The van der Waals surface area contributed by atoms with Crippen LogP contribution < -0.4 is 9.47 Å². The molecule has 0 radical (unpaired) electrons. The first-order valence-electron chi connectivity index (χ1n) is 9.11. The molecule has 7 nitrogen and oxygen atoms in total. The highest BCUT2D eigenvalue weighted by Crippen LogP contribution is 2.54. The lowest BCUT2D eigenvalue weighted by atomic mass is 9.84. The van der Waals surface area contributed by atoms with Crippen LogP contribution in [0, 0.1) is 11.8 Å². The van der Waals surface area contributed by atoms with E-state index in [1.165, 1.54) is 14.2 Å². The third kappa shape index (κ3) is 3.05. The summed E-state index contributed by atoms with van der Waals surface area (Å²) >= 11 is 0. The van der Waals surface area contributed by atoms with Crippen LogP contribution in [0.4, 0.5) is 0 Å². The van der Waals surface area contributed by atoms with Crippen molar-refractivity contribution >= 4 is 0 Å². The van der Waals surface area contributed by atoms with Gasteiger partial charge >= 0.3 is 0 Å². The van der Waals surface area contributed by atoms with Crippen LogP contribution in [0.3, 0.4) is 0 Å². The fourth-order valence-corrected chi connectivity index (χ4v) is 4.23. The molecular formula is C21H24O7. The number of aromatic hydroxyl groups is 2. The van der Waals surface area contributed by atoms with Crippen molar-refractivity contribution in [3.05, 3.63) is 47.5 Å². The molecule has 5 atom stereocenters. The highest BCUT2D eigenvalue weighted by atomic mass is 16.7. The van der Waals surface area contributed by atoms with Crippen LogP contribution in [0.1, 0.15) is 23.3 Å². The van der Waals surface area contributed by atoms with Crippen molar-refractivity contribution in [3.8, 4) is 23.0 Å². The second-order valence-electron chi connectivity index (χ2n) is 7.02. The lowest BCUT2D eigenvalue weighted by molar-refractivity contribution is -0.153. The van der Waals surface area contributed by atoms with Gasteiger partial charge in [-0.25, -0.2) is 0 Å². The van der Waals surface area contributed by atoms with Gasteiger partial charge in [0.25, 0.3) is 0 Å². The van der Waals surface area contributed by atoms with Gasteiger partial charge in [0, 0.05) is 18.9 Å². The summed E-state index contributed by atoms with van der Waals surface area (Å²) in [6, 6.07) is 10.4. The zero-order chi connectivity index (χ0) is 19.8. The molecule has 2 aromatic carbocycles. The predicted molar refractivity (Wildman–Crippen MR) is 99.6 cm³/mol. The zero-order valence-electron chi connectivity index (χ0n) is 16.0. The van der Waals surface area contributed by atoms with E-state index in [4.69, 9.17) is 23.7 Å². The van der Waals surface area contributed by atoms with Crippen molar-refractivity contribution in [2.24, 2.45) is 11.8 Å². The van der Waals surface area contributed by atoms with Gasteiger partial charge in [-0.3, -0.25) is 0 Å². The van der Waals surface area contributed by atoms with Crippen LogP contribution in [-0.4, -0.2) is 44.4 Å². The highest BCUT2D eigenvalue weighted by molar-refractivity contribution is 5.44. The second kappa shape index (κ2) is 7.50. The van der Waals surface area contributed by atoms with Crippen LogP contribution >= 0.6 is 0 Å². The van der Waals surface area contributed by atoms with Gasteiger partial charge in [-0.05, 0) is 35.4 Å². The molecule has 2 aromatic rings. The standard InChI is InChI=1S/C21H24O7/c1-24-16-8-11(4-6-14(16)22)19-13-10-27-20(18(13)21(26-3)28-19)12-5-7-15(23)17(9-12)25-2/h4-9,13,18-23H,10H2,1-3H3/t13-,18-,19+,20+,21+/m0/s1. The molecule has 2 aliphatic heterocycles. The molecule has 0 unspecified atom stereocenters. The summed E-state index contributed by atoms with van der Waals surface area (Å²) in [6.45, 7) is 0.506. The normalized spacial score (nSPS) is 28.9. The molecule has 2 heterocycles. The molecule has 4 rings (SSSR count). The van der Waals surface area contributed by atoms with Crippen LogP contribution in [0.2, 0.25) is 0 Å². The average molecular weight is 388 g/mol. The van der Waals surface area contributed by atoms with Crippen molar-refractivity contribution < 1.29 is 33.9 Å². The lowest BCUT2D eigenvalue weighted by Gasteiger charge is -2.22. The van der Waals surface area contributed by atoms with E-state index in [0.717, 1.165) is 11.1 Å². The number of ether oxygens (including phenoxy) is 5. The number of fused-ring (bicyclic) bond motifs is 1. The minimum atomic E-state index is -0.443.